The number of allylic oxidation sites excluding steroid dienone is 3. The Kier molecular flexibility index (Phi) is 6.90. The molecule has 1 rings (SSSR count). The van der Waals surface area contributed by atoms with Gasteiger partial charge in [0.1, 0.15) is 12.0 Å². The van der Waals surface area contributed by atoms with Crippen molar-refractivity contribution in [3.8, 4) is 5.75 Å². The molecular weight excluding hydrogens is 250 g/mol. The summed E-state index contributed by atoms with van der Waals surface area (Å²) in [4.78, 5) is 10.5. The summed E-state index contributed by atoms with van der Waals surface area (Å²) in [7, 11) is 0. The summed E-state index contributed by atoms with van der Waals surface area (Å²) in [6, 6.07) is 7.04. The Hall–Kier alpha value is -2.29. The van der Waals surface area contributed by atoms with Gasteiger partial charge in [0.05, 0.1) is 6.61 Å². The molecule has 3 nitrogen and oxygen atoms in total. The van der Waals surface area contributed by atoms with Gasteiger partial charge in [0, 0.05) is 12.0 Å². The van der Waals surface area contributed by atoms with Crippen LogP contribution in [0.3, 0.4) is 0 Å². The zero-order valence-corrected chi connectivity index (χ0v) is 11.8. The zero-order chi connectivity index (χ0) is 14.8. The lowest BCUT2D eigenvalue weighted by atomic mass is 10.1. The monoisotopic (exact) mass is 271 g/mol. The van der Waals surface area contributed by atoms with Crippen LogP contribution in [0.2, 0.25) is 0 Å². The number of ether oxygens (including phenoxy) is 1. The first-order valence-electron chi connectivity index (χ1n) is 6.64. The van der Waals surface area contributed by atoms with E-state index in [1.807, 2.05) is 12.2 Å². The van der Waals surface area contributed by atoms with Crippen LogP contribution >= 0.6 is 0 Å². The molecule has 0 unspecified atom stereocenters. The number of hydrogen-bond donors (Lipinski definition) is 1. The molecule has 0 atom stereocenters. The molecule has 0 saturated carbocycles. The van der Waals surface area contributed by atoms with Crippen molar-refractivity contribution in [1.29, 1.82) is 0 Å². The molecule has 2 N–H and O–H groups in total. The van der Waals surface area contributed by atoms with Crippen molar-refractivity contribution in [2.75, 3.05) is 6.61 Å². The van der Waals surface area contributed by atoms with Gasteiger partial charge in [-0.1, -0.05) is 31.2 Å². The molecule has 1 aromatic carbocycles. The lowest BCUT2D eigenvalue weighted by Crippen LogP contribution is -1.98. The molecule has 0 amide bonds. The van der Waals surface area contributed by atoms with Crippen LogP contribution < -0.4 is 10.5 Å². The maximum Gasteiger partial charge on any atom is 0.150 e. The van der Waals surface area contributed by atoms with E-state index in [0.29, 0.717) is 12.2 Å². The summed E-state index contributed by atoms with van der Waals surface area (Å²) < 4.78 is 5.59. The number of hydrogen-bond acceptors (Lipinski definition) is 3. The van der Waals surface area contributed by atoms with E-state index in [4.69, 9.17) is 10.5 Å². The van der Waals surface area contributed by atoms with Crippen molar-refractivity contribution in [2.24, 2.45) is 5.73 Å². The highest BCUT2D eigenvalue weighted by Gasteiger charge is 1.96. The predicted octanol–water partition coefficient (Wildman–Crippen LogP) is 3.63. The molecule has 0 radical (unpaired) electrons. The minimum absolute atomic E-state index is 0.553. The molecule has 0 bridgehead atoms. The molecule has 0 spiro atoms. The molecule has 3 heteroatoms. The van der Waals surface area contributed by atoms with Crippen molar-refractivity contribution in [2.45, 2.75) is 19.8 Å². The molecule has 1 aromatic rings. The van der Waals surface area contributed by atoms with Crippen molar-refractivity contribution < 1.29 is 9.53 Å². The normalized spacial score (nSPS) is 11.6. The summed E-state index contributed by atoms with van der Waals surface area (Å²) in [6.45, 7) is 6.58. The van der Waals surface area contributed by atoms with Crippen LogP contribution in [-0.2, 0) is 0 Å². The molecule has 20 heavy (non-hydrogen) atoms. The quantitative estimate of drug-likeness (QED) is 0.580. The van der Waals surface area contributed by atoms with Gasteiger partial charge in [0.2, 0.25) is 0 Å². The van der Waals surface area contributed by atoms with E-state index in [-0.39, 0.29) is 0 Å². The third-order valence-electron chi connectivity index (χ3n) is 2.86. The highest BCUT2D eigenvalue weighted by molar-refractivity contribution is 5.74. The van der Waals surface area contributed by atoms with Crippen LogP contribution in [0.15, 0.2) is 60.3 Å². The maximum atomic E-state index is 10.5. The van der Waals surface area contributed by atoms with E-state index in [2.05, 4.69) is 13.5 Å². The second-order valence-electron chi connectivity index (χ2n) is 4.37. The van der Waals surface area contributed by atoms with Gasteiger partial charge in [0.25, 0.3) is 0 Å². The highest BCUT2D eigenvalue weighted by atomic mass is 16.5. The van der Waals surface area contributed by atoms with Crippen LogP contribution in [-0.4, -0.2) is 12.9 Å². The minimum atomic E-state index is 0.553. The molecule has 0 heterocycles. The molecule has 0 fully saturated rings. The van der Waals surface area contributed by atoms with Crippen LogP contribution in [0.4, 0.5) is 0 Å². The summed E-state index contributed by atoms with van der Waals surface area (Å²) in [5.41, 5.74) is 8.19. The molecule has 0 aromatic heterocycles. The van der Waals surface area contributed by atoms with Crippen LogP contribution in [0.5, 0.6) is 5.75 Å². The van der Waals surface area contributed by atoms with Crippen LogP contribution in [0.25, 0.3) is 0 Å². The van der Waals surface area contributed by atoms with E-state index in [1.54, 1.807) is 30.5 Å². The standard InChI is InChI=1S/C17H21NO2/c1-3-15(12-18)5-4-14(2)10-11-20-17-8-6-16(13-19)7-9-17/h4-9,12-13H,2-3,10-11,18H2,1H3/b5-4-,15-12-. The molecule has 0 aliphatic heterocycles. The Morgan fingerprint density at radius 1 is 1.30 bits per heavy atom. The van der Waals surface area contributed by atoms with Gasteiger partial charge in [-0.3, -0.25) is 4.79 Å². The Labute approximate surface area is 120 Å². The first kappa shape index (κ1) is 15.8. The average Bonchev–Trinajstić information content (AvgIpc) is 2.49. The van der Waals surface area contributed by atoms with E-state index < -0.39 is 0 Å². The van der Waals surface area contributed by atoms with Gasteiger partial charge in [-0.05, 0) is 42.5 Å². The van der Waals surface area contributed by atoms with Gasteiger partial charge in [-0.15, -0.1) is 0 Å². The fraction of sp³-hybridized carbons (Fsp3) is 0.235. The van der Waals surface area contributed by atoms with Crippen LogP contribution in [0.1, 0.15) is 30.1 Å². The summed E-state index contributed by atoms with van der Waals surface area (Å²) in [5.74, 6) is 0.753. The van der Waals surface area contributed by atoms with Crippen LogP contribution in [0, 0.1) is 0 Å². The second kappa shape index (κ2) is 8.75. The smallest absolute Gasteiger partial charge is 0.150 e. The molecular formula is C17H21NO2. The topological polar surface area (TPSA) is 52.3 Å². The Morgan fingerprint density at radius 3 is 2.55 bits per heavy atom. The molecule has 0 aliphatic carbocycles. The van der Waals surface area contributed by atoms with E-state index in [1.165, 1.54) is 0 Å². The summed E-state index contributed by atoms with van der Waals surface area (Å²) >= 11 is 0. The zero-order valence-electron chi connectivity index (χ0n) is 11.8. The Balaban J connectivity index is 2.36. The predicted molar refractivity (Wildman–Crippen MR) is 82.8 cm³/mol. The number of nitrogens with two attached hydrogens (primary N) is 1. The Morgan fingerprint density at radius 2 is 2.00 bits per heavy atom. The van der Waals surface area contributed by atoms with E-state index >= 15 is 0 Å². The third kappa shape index (κ3) is 5.57. The molecule has 0 saturated heterocycles. The summed E-state index contributed by atoms with van der Waals surface area (Å²) in [6.07, 6.45) is 8.00. The number of carbonyl (C=O) groups is 1. The fourth-order valence-electron chi connectivity index (χ4n) is 1.54. The van der Waals surface area contributed by atoms with Gasteiger partial charge in [0.15, 0.2) is 0 Å². The van der Waals surface area contributed by atoms with Gasteiger partial charge < -0.3 is 10.5 Å². The minimum Gasteiger partial charge on any atom is -0.493 e. The largest absolute Gasteiger partial charge is 0.493 e. The first-order valence-corrected chi connectivity index (χ1v) is 6.64. The van der Waals surface area contributed by atoms with Crippen molar-refractivity contribution in [1.82, 2.24) is 0 Å². The number of aldehydes is 1. The van der Waals surface area contributed by atoms with Crippen molar-refractivity contribution >= 4 is 6.29 Å². The number of benzene rings is 1. The van der Waals surface area contributed by atoms with E-state index in [0.717, 1.165) is 36.0 Å². The van der Waals surface area contributed by atoms with Crippen molar-refractivity contribution in [3.05, 3.63) is 65.9 Å². The number of rotatable bonds is 8. The fourth-order valence-corrected chi connectivity index (χ4v) is 1.54. The maximum absolute atomic E-state index is 10.5. The molecule has 0 aliphatic rings. The SMILES string of the molecule is C=C(/C=C\C(=C/N)CC)CCOc1ccc(C=O)cc1. The Bertz CT molecular complexity index is 498. The molecule has 106 valence electrons. The number of carbonyl (C=O) groups excluding carboxylic acids is 1. The third-order valence-corrected chi connectivity index (χ3v) is 2.86. The lowest BCUT2D eigenvalue weighted by molar-refractivity contribution is 0.112. The average molecular weight is 271 g/mol. The van der Waals surface area contributed by atoms with Crippen molar-refractivity contribution in [3.63, 3.8) is 0 Å². The van der Waals surface area contributed by atoms with Gasteiger partial charge in [-0.25, -0.2) is 0 Å². The van der Waals surface area contributed by atoms with E-state index in [9.17, 15) is 4.79 Å². The second-order valence-corrected chi connectivity index (χ2v) is 4.37. The first-order chi connectivity index (χ1) is 9.69. The highest BCUT2D eigenvalue weighted by Crippen LogP contribution is 2.12. The van der Waals surface area contributed by atoms with Gasteiger partial charge in [-0.2, -0.15) is 0 Å². The summed E-state index contributed by atoms with van der Waals surface area (Å²) in [5, 5.41) is 0. The lowest BCUT2D eigenvalue weighted by Gasteiger charge is -2.06. The van der Waals surface area contributed by atoms with Gasteiger partial charge >= 0.3 is 0 Å².